The van der Waals surface area contributed by atoms with Gasteiger partial charge in [-0.25, -0.2) is 0 Å². The quantitative estimate of drug-likeness (QED) is 0.328. The fourth-order valence-electron chi connectivity index (χ4n) is 0.300. The Bertz CT molecular complexity index is 116. The standard InChI is InChI=1S/C4H8NO5/c1-3(4(2)10-8)9-5(6)7/h3-4H,1-2H3. The summed E-state index contributed by atoms with van der Waals surface area (Å²) in [6.45, 7) is 2.77. The highest BCUT2D eigenvalue weighted by molar-refractivity contribution is 4.54. The van der Waals surface area contributed by atoms with Crippen LogP contribution in [0.3, 0.4) is 0 Å². The van der Waals surface area contributed by atoms with Crippen LogP contribution in [0.5, 0.6) is 0 Å². The van der Waals surface area contributed by atoms with E-state index in [2.05, 4.69) is 9.73 Å². The van der Waals surface area contributed by atoms with Gasteiger partial charge in [-0.2, -0.15) is 4.89 Å². The van der Waals surface area contributed by atoms with Crippen LogP contribution in [0.15, 0.2) is 0 Å². The van der Waals surface area contributed by atoms with Gasteiger partial charge in [-0.15, -0.1) is 10.1 Å². The zero-order valence-electron chi connectivity index (χ0n) is 5.64. The highest BCUT2D eigenvalue weighted by Gasteiger charge is 2.16. The van der Waals surface area contributed by atoms with Crippen LogP contribution < -0.4 is 0 Å². The number of rotatable bonds is 4. The smallest absolute Gasteiger partial charge is 0.294 e. The molecule has 1 radical (unpaired) electrons. The first-order valence-corrected chi connectivity index (χ1v) is 2.67. The molecular formula is C4H8NO5. The van der Waals surface area contributed by atoms with Crippen LogP contribution in [0, 0.1) is 10.1 Å². The maximum Gasteiger partial charge on any atom is 0.294 e. The van der Waals surface area contributed by atoms with Gasteiger partial charge in [0, 0.05) is 0 Å². The molecule has 0 saturated heterocycles. The summed E-state index contributed by atoms with van der Waals surface area (Å²) in [5, 5.41) is 18.3. The van der Waals surface area contributed by atoms with Crippen molar-refractivity contribution in [2.75, 3.05) is 0 Å². The number of hydrogen-bond donors (Lipinski definition) is 0. The molecule has 0 rings (SSSR count). The predicted molar refractivity (Wildman–Crippen MR) is 28.8 cm³/mol. The van der Waals surface area contributed by atoms with Crippen molar-refractivity contribution in [3.63, 3.8) is 0 Å². The van der Waals surface area contributed by atoms with Crippen molar-refractivity contribution < 1.29 is 20.1 Å². The Kier molecular flexibility index (Phi) is 3.67. The Morgan fingerprint density at radius 3 is 2.20 bits per heavy atom. The topological polar surface area (TPSA) is 81.5 Å². The van der Waals surface area contributed by atoms with Crippen molar-refractivity contribution in [3.8, 4) is 0 Å². The van der Waals surface area contributed by atoms with Crippen LogP contribution in [0.4, 0.5) is 0 Å². The van der Waals surface area contributed by atoms with E-state index in [9.17, 15) is 15.4 Å². The average molecular weight is 150 g/mol. The van der Waals surface area contributed by atoms with E-state index in [0.29, 0.717) is 0 Å². The molecule has 59 valence electrons. The third kappa shape index (κ3) is 3.21. The van der Waals surface area contributed by atoms with E-state index in [1.54, 1.807) is 0 Å². The maximum absolute atomic E-state index is 9.66. The Labute approximate surface area is 57.4 Å². The molecule has 0 aliphatic carbocycles. The van der Waals surface area contributed by atoms with Crippen LogP contribution >= 0.6 is 0 Å². The molecule has 0 aromatic heterocycles. The summed E-state index contributed by atoms with van der Waals surface area (Å²) in [6.07, 6.45) is -1.64. The molecule has 0 aliphatic heterocycles. The monoisotopic (exact) mass is 150 g/mol. The molecule has 0 amide bonds. The van der Waals surface area contributed by atoms with Crippen molar-refractivity contribution in [3.05, 3.63) is 10.1 Å². The van der Waals surface area contributed by atoms with E-state index >= 15 is 0 Å². The number of nitrogens with zero attached hydrogens (tertiary/aromatic N) is 1. The summed E-state index contributed by atoms with van der Waals surface area (Å²) in [4.78, 5) is 17.2. The molecule has 0 heterocycles. The third-order valence-corrected chi connectivity index (χ3v) is 1.07. The predicted octanol–water partition coefficient (Wildman–Crippen LogP) is 0.334. The zero-order chi connectivity index (χ0) is 8.15. The van der Waals surface area contributed by atoms with Crippen LogP contribution in [-0.4, -0.2) is 17.3 Å². The molecule has 10 heavy (non-hydrogen) atoms. The Morgan fingerprint density at radius 1 is 1.40 bits per heavy atom. The van der Waals surface area contributed by atoms with Crippen molar-refractivity contribution in [2.45, 2.75) is 26.1 Å². The SMILES string of the molecule is CC(O[O])C(C)O[N+](=O)[O-]. The fourth-order valence-corrected chi connectivity index (χ4v) is 0.300. The summed E-state index contributed by atoms with van der Waals surface area (Å²) in [6, 6.07) is 0. The first-order chi connectivity index (χ1) is 4.57. The molecule has 0 aliphatic rings. The van der Waals surface area contributed by atoms with Gasteiger partial charge in [0.1, 0.15) is 12.2 Å². The molecule has 2 unspecified atom stereocenters. The van der Waals surface area contributed by atoms with Gasteiger partial charge >= 0.3 is 0 Å². The molecule has 0 bridgehead atoms. The summed E-state index contributed by atoms with van der Waals surface area (Å²) in [5.74, 6) is 0. The van der Waals surface area contributed by atoms with E-state index in [1.165, 1.54) is 13.8 Å². The molecule has 6 heteroatoms. The normalized spacial score (nSPS) is 15.9. The van der Waals surface area contributed by atoms with Crippen molar-refractivity contribution in [2.24, 2.45) is 0 Å². The Morgan fingerprint density at radius 2 is 1.90 bits per heavy atom. The van der Waals surface area contributed by atoms with Gasteiger partial charge in [-0.3, -0.25) is 0 Å². The summed E-state index contributed by atoms with van der Waals surface area (Å²) in [5.41, 5.74) is 0. The van der Waals surface area contributed by atoms with Crippen LogP contribution in [0.2, 0.25) is 0 Å². The minimum Gasteiger partial charge on any atom is -0.308 e. The van der Waals surface area contributed by atoms with Crippen molar-refractivity contribution >= 4 is 0 Å². The van der Waals surface area contributed by atoms with E-state index in [1.807, 2.05) is 0 Å². The van der Waals surface area contributed by atoms with E-state index in [0.717, 1.165) is 0 Å². The highest BCUT2D eigenvalue weighted by atomic mass is 17.1. The second-order valence-corrected chi connectivity index (χ2v) is 1.84. The van der Waals surface area contributed by atoms with E-state index in [-0.39, 0.29) is 0 Å². The average Bonchev–Trinajstić information content (AvgIpc) is 1.85. The lowest BCUT2D eigenvalue weighted by molar-refractivity contribution is -0.770. The lowest BCUT2D eigenvalue weighted by Crippen LogP contribution is -2.26. The minimum absolute atomic E-state index is 0.814. The molecule has 6 nitrogen and oxygen atoms in total. The zero-order valence-corrected chi connectivity index (χ0v) is 5.64. The van der Waals surface area contributed by atoms with Gasteiger partial charge in [0.05, 0.1) is 0 Å². The Balaban J connectivity index is 3.61. The van der Waals surface area contributed by atoms with Crippen molar-refractivity contribution in [1.29, 1.82) is 0 Å². The van der Waals surface area contributed by atoms with Gasteiger partial charge in [0.2, 0.25) is 0 Å². The Hall–Kier alpha value is -0.880. The van der Waals surface area contributed by atoms with Crippen LogP contribution in [0.1, 0.15) is 13.8 Å². The molecule has 0 saturated carbocycles. The summed E-state index contributed by atoms with van der Waals surface area (Å²) >= 11 is 0. The molecule has 0 aromatic carbocycles. The van der Waals surface area contributed by atoms with Gasteiger partial charge in [-0.05, 0) is 19.1 Å². The maximum atomic E-state index is 9.66. The number of hydrogen-bond acceptors (Lipinski definition) is 4. The van der Waals surface area contributed by atoms with Crippen LogP contribution in [0.25, 0.3) is 0 Å². The van der Waals surface area contributed by atoms with Gasteiger partial charge in [0.25, 0.3) is 5.09 Å². The minimum atomic E-state index is -0.958. The second kappa shape index (κ2) is 4.02. The summed E-state index contributed by atoms with van der Waals surface area (Å²) < 4.78 is 0. The fraction of sp³-hybridized carbons (Fsp3) is 1.00. The lowest BCUT2D eigenvalue weighted by Gasteiger charge is -2.12. The second-order valence-electron chi connectivity index (χ2n) is 1.84. The first-order valence-electron chi connectivity index (χ1n) is 2.67. The van der Waals surface area contributed by atoms with E-state index in [4.69, 9.17) is 0 Å². The highest BCUT2D eigenvalue weighted by Crippen LogP contribution is 2.00. The third-order valence-electron chi connectivity index (χ3n) is 1.07. The largest absolute Gasteiger partial charge is 0.308 e. The van der Waals surface area contributed by atoms with Gasteiger partial charge < -0.3 is 4.84 Å². The van der Waals surface area contributed by atoms with Crippen molar-refractivity contribution in [1.82, 2.24) is 0 Å². The van der Waals surface area contributed by atoms with E-state index < -0.39 is 17.3 Å². The molecule has 2 atom stereocenters. The molecule has 0 aromatic rings. The molecular weight excluding hydrogens is 142 g/mol. The first kappa shape index (κ1) is 9.12. The van der Waals surface area contributed by atoms with Crippen LogP contribution in [-0.2, 0) is 15.0 Å². The summed E-state index contributed by atoms with van der Waals surface area (Å²) in [7, 11) is 0. The molecule has 0 N–H and O–H groups in total. The molecule has 0 spiro atoms. The lowest BCUT2D eigenvalue weighted by atomic mass is 10.3. The van der Waals surface area contributed by atoms with Gasteiger partial charge in [0.15, 0.2) is 0 Å². The van der Waals surface area contributed by atoms with Gasteiger partial charge in [-0.1, -0.05) is 0 Å². The molecule has 0 fully saturated rings.